The zero-order chi connectivity index (χ0) is 14.8. The van der Waals surface area contributed by atoms with Gasteiger partial charge in [0.1, 0.15) is 0 Å². The van der Waals surface area contributed by atoms with E-state index in [-0.39, 0.29) is 12.1 Å². The Morgan fingerprint density at radius 1 is 1.40 bits per heavy atom. The number of nitrogens with one attached hydrogen (secondary N) is 1. The monoisotopic (exact) mass is 283 g/mol. The molecule has 4 heteroatoms. The van der Waals surface area contributed by atoms with E-state index < -0.39 is 0 Å². The van der Waals surface area contributed by atoms with Gasteiger partial charge in [-0.3, -0.25) is 0 Å². The van der Waals surface area contributed by atoms with Crippen LogP contribution in [-0.2, 0) is 0 Å². The SMILES string of the molecule is CC(CC(C)(CO)NC1CC1)N(C)CC1CCN(C)C1. The summed E-state index contributed by atoms with van der Waals surface area (Å²) in [5, 5.41) is 13.3. The maximum atomic E-state index is 9.72. The highest BCUT2D eigenvalue weighted by atomic mass is 16.3. The molecule has 1 heterocycles. The minimum absolute atomic E-state index is 0.124. The van der Waals surface area contributed by atoms with Crippen molar-refractivity contribution >= 4 is 0 Å². The van der Waals surface area contributed by atoms with E-state index in [1.54, 1.807) is 0 Å². The van der Waals surface area contributed by atoms with E-state index in [1.165, 1.54) is 38.9 Å². The van der Waals surface area contributed by atoms with Crippen LogP contribution in [0.5, 0.6) is 0 Å². The molecule has 20 heavy (non-hydrogen) atoms. The lowest BCUT2D eigenvalue weighted by Gasteiger charge is -2.36. The molecule has 0 radical (unpaired) electrons. The van der Waals surface area contributed by atoms with Crippen LogP contribution >= 0.6 is 0 Å². The zero-order valence-electron chi connectivity index (χ0n) is 13.7. The van der Waals surface area contributed by atoms with Crippen LogP contribution in [0.1, 0.15) is 39.5 Å². The Balaban J connectivity index is 1.77. The second-order valence-electron chi connectivity index (χ2n) is 7.55. The van der Waals surface area contributed by atoms with Gasteiger partial charge in [-0.05, 0) is 66.1 Å². The largest absolute Gasteiger partial charge is 0.394 e. The first-order chi connectivity index (χ1) is 9.42. The molecule has 0 spiro atoms. The topological polar surface area (TPSA) is 38.7 Å². The van der Waals surface area contributed by atoms with Gasteiger partial charge in [-0.25, -0.2) is 0 Å². The van der Waals surface area contributed by atoms with Gasteiger partial charge in [-0.2, -0.15) is 0 Å². The van der Waals surface area contributed by atoms with Crippen molar-refractivity contribution in [3.8, 4) is 0 Å². The molecule has 3 unspecified atom stereocenters. The fourth-order valence-electron chi connectivity index (χ4n) is 3.46. The van der Waals surface area contributed by atoms with Crippen molar-refractivity contribution in [3.63, 3.8) is 0 Å². The van der Waals surface area contributed by atoms with Crippen molar-refractivity contribution in [2.24, 2.45) is 5.92 Å². The third-order valence-electron chi connectivity index (χ3n) is 5.01. The molecular formula is C16H33N3O. The summed E-state index contributed by atoms with van der Waals surface area (Å²) in [7, 11) is 4.45. The molecule has 118 valence electrons. The van der Waals surface area contributed by atoms with Crippen LogP contribution in [0, 0.1) is 5.92 Å². The second-order valence-corrected chi connectivity index (χ2v) is 7.55. The molecule has 1 aliphatic heterocycles. The van der Waals surface area contributed by atoms with Crippen LogP contribution in [0.25, 0.3) is 0 Å². The first-order valence-corrected chi connectivity index (χ1v) is 8.19. The van der Waals surface area contributed by atoms with Crippen LogP contribution in [0.3, 0.4) is 0 Å². The number of aliphatic hydroxyl groups is 1. The third-order valence-corrected chi connectivity index (χ3v) is 5.01. The molecule has 2 fully saturated rings. The lowest BCUT2D eigenvalue weighted by Crippen LogP contribution is -2.51. The van der Waals surface area contributed by atoms with Crippen molar-refractivity contribution in [1.82, 2.24) is 15.1 Å². The first kappa shape index (κ1) is 16.2. The molecule has 1 saturated heterocycles. The Labute approximate surface area is 124 Å². The Kier molecular flexibility index (Phi) is 5.46. The number of rotatable bonds is 8. The molecule has 3 atom stereocenters. The molecule has 0 bridgehead atoms. The normalized spacial score (nSPS) is 28.8. The van der Waals surface area contributed by atoms with E-state index in [0.717, 1.165) is 12.3 Å². The Hall–Kier alpha value is -0.160. The molecule has 2 aliphatic rings. The Morgan fingerprint density at radius 3 is 2.60 bits per heavy atom. The van der Waals surface area contributed by atoms with Crippen molar-refractivity contribution in [1.29, 1.82) is 0 Å². The molecule has 2 N–H and O–H groups in total. The molecule has 1 aliphatic carbocycles. The second kappa shape index (κ2) is 6.73. The molecular weight excluding hydrogens is 250 g/mol. The van der Waals surface area contributed by atoms with E-state index >= 15 is 0 Å². The minimum Gasteiger partial charge on any atom is -0.394 e. The van der Waals surface area contributed by atoms with E-state index in [0.29, 0.717) is 12.1 Å². The minimum atomic E-state index is -0.124. The average molecular weight is 283 g/mol. The predicted octanol–water partition coefficient (Wildman–Crippen LogP) is 1.15. The smallest absolute Gasteiger partial charge is 0.0611 e. The number of aliphatic hydroxyl groups excluding tert-OH is 1. The number of hydrogen-bond acceptors (Lipinski definition) is 4. The lowest BCUT2D eigenvalue weighted by molar-refractivity contribution is 0.118. The van der Waals surface area contributed by atoms with Crippen molar-refractivity contribution in [2.75, 3.05) is 40.3 Å². The summed E-state index contributed by atoms with van der Waals surface area (Å²) in [4.78, 5) is 4.90. The number of likely N-dealkylation sites (tertiary alicyclic amines) is 1. The quantitative estimate of drug-likeness (QED) is 0.701. The van der Waals surface area contributed by atoms with Crippen molar-refractivity contribution in [2.45, 2.75) is 57.2 Å². The average Bonchev–Trinajstić information content (AvgIpc) is 3.10. The molecule has 0 aromatic rings. The fraction of sp³-hybridized carbons (Fsp3) is 1.00. The van der Waals surface area contributed by atoms with Gasteiger partial charge in [0.25, 0.3) is 0 Å². The van der Waals surface area contributed by atoms with Crippen molar-refractivity contribution < 1.29 is 5.11 Å². The lowest BCUT2D eigenvalue weighted by atomic mass is 9.93. The van der Waals surface area contributed by atoms with Gasteiger partial charge in [-0.15, -0.1) is 0 Å². The third kappa shape index (κ3) is 4.69. The summed E-state index contributed by atoms with van der Waals surface area (Å²) in [6.45, 7) is 8.34. The summed E-state index contributed by atoms with van der Waals surface area (Å²) in [5.74, 6) is 0.809. The molecule has 0 aromatic carbocycles. The van der Waals surface area contributed by atoms with Gasteiger partial charge in [0.05, 0.1) is 6.61 Å². The van der Waals surface area contributed by atoms with Crippen LogP contribution in [0.4, 0.5) is 0 Å². The Morgan fingerprint density at radius 2 is 2.10 bits per heavy atom. The van der Waals surface area contributed by atoms with E-state index in [4.69, 9.17) is 0 Å². The van der Waals surface area contributed by atoms with Gasteiger partial charge in [0.2, 0.25) is 0 Å². The Bertz CT molecular complexity index is 308. The highest BCUT2D eigenvalue weighted by molar-refractivity contribution is 4.94. The highest BCUT2D eigenvalue weighted by Crippen LogP contribution is 2.26. The standard InChI is InChI=1S/C16H33N3O/c1-13(9-16(2,12-20)17-15-5-6-15)19(4)11-14-7-8-18(3)10-14/h13-15,17,20H,5-12H2,1-4H3. The van der Waals surface area contributed by atoms with Crippen molar-refractivity contribution in [3.05, 3.63) is 0 Å². The van der Waals surface area contributed by atoms with Gasteiger partial charge < -0.3 is 20.2 Å². The van der Waals surface area contributed by atoms with Gasteiger partial charge >= 0.3 is 0 Å². The number of nitrogens with zero attached hydrogens (tertiary/aromatic N) is 2. The van der Waals surface area contributed by atoms with Crippen LogP contribution in [0.2, 0.25) is 0 Å². The summed E-state index contributed by atoms with van der Waals surface area (Å²) < 4.78 is 0. The molecule has 0 amide bonds. The maximum absolute atomic E-state index is 9.72. The molecule has 2 rings (SSSR count). The molecule has 1 saturated carbocycles. The van der Waals surface area contributed by atoms with Gasteiger partial charge in [0.15, 0.2) is 0 Å². The van der Waals surface area contributed by atoms with Crippen LogP contribution in [0.15, 0.2) is 0 Å². The van der Waals surface area contributed by atoms with Crippen LogP contribution < -0.4 is 5.32 Å². The predicted molar refractivity (Wildman–Crippen MR) is 84.0 cm³/mol. The molecule has 4 nitrogen and oxygen atoms in total. The summed E-state index contributed by atoms with van der Waals surface area (Å²) in [6.07, 6.45) is 4.88. The summed E-state index contributed by atoms with van der Waals surface area (Å²) in [5.41, 5.74) is -0.124. The van der Waals surface area contributed by atoms with Gasteiger partial charge in [0, 0.05) is 30.7 Å². The maximum Gasteiger partial charge on any atom is 0.0611 e. The number of hydrogen-bond donors (Lipinski definition) is 2. The van der Waals surface area contributed by atoms with E-state index in [2.05, 4.69) is 43.1 Å². The highest BCUT2D eigenvalue weighted by Gasteiger charge is 2.34. The first-order valence-electron chi connectivity index (χ1n) is 8.19. The van der Waals surface area contributed by atoms with Crippen LogP contribution in [-0.4, -0.2) is 72.9 Å². The van der Waals surface area contributed by atoms with E-state index in [1.807, 2.05) is 0 Å². The van der Waals surface area contributed by atoms with E-state index in [9.17, 15) is 5.11 Å². The fourth-order valence-corrected chi connectivity index (χ4v) is 3.46. The zero-order valence-corrected chi connectivity index (χ0v) is 13.7. The molecule has 0 aromatic heterocycles. The summed E-state index contributed by atoms with van der Waals surface area (Å²) in [6, 6.07) is 1.15. The van der Waals surface area contributed by atoms with Gasteiger partial charge in [-0.1, -0.05) is 0 Å². The summed E-state index contributed by atoms with van der Waals surface area (Å²) >= 11 is 0.